The van der Waals surface area contributed by atoms with Gasteiger partial charge >= 0.3 is 0 Å². The first-order valence-corrected chi connectivity index (χ1v) is 6.77. The maximum atomic E-state index is 13.3. The summed E-state index contributed by atoms with van der Waals surface area (Å²) in [4.78, 5) is 8.41. The fourth-order valence-electron chi connectivity index (χ4n) is 1.70. The van der Waals surface area contributed by atoms with Crippen LogP contribution in [0.1, 0.15) is 19.4 Å². The third-order valence-electron chi connectivity index (χ3n) is 2.78. The van der Waals surface area contributed by atoms with Gasteiger partial charge in [0.1, 0.15) is 18.0 Å². The van der Waals surface area contributed by atoms with Crippen LogP contribution in [0, 0.1) is 0 Å². The molecule has 2 rings (SSSR count). The summed E-state index contributed by atoms with van der Waals surface area (Å²) >= 11 is 0. The average molecular weight is 292 g/mol. The molecule has 0 aliphatic rings. The fourth-order valence-corrected chi connectivity index (χ4v) is 1.70. The number of halogens is 2. The zero-order chi connectivity index (χ0) is 15.3. The van der Waals surface area contributed by atoms with Crippen LogP contribution >= 0.6 is 0 Å². The van der Waals surface area contributed by atoms with Crippen molar-refractivity contribution in [2.75, 3.05) is 13.3 Å². The van der Waals surface area contributed by atoms with E-state index in [-0.39, 0.29) is 6.61 Å². The number of alkyl halides is 2. The molecule has 112 valence electrons. The molecule has 0 N–H and O–H groups in total. The normalized spacial score (nSPS) is 11.4. The second-order valence-corrected chi connectivity index (χ2v) is 5.39. The van der Waals surface area contributed by atoms with Crippen LogP contribution in [-0.4, -0.2) is 28.9 Å². The molecule has 0 bridgehead atoms. The molecular weight excluding hydrogens is 274 g/mol. The van der Waals surface area contributed by atoms with Gasteiger partial charge in [-0.1, -0.05) is 0 Å². The van der Waals surface area contributed by atoms with E-state index in [4.69, 9.17) is 4.74 Å². The molecular formula is C16H18F2N2O. The second kappa shape index (κ2) is 6.61. The molecule has 1 aromatic carbocycles. The number of hydrogen-bond acceptors (Lipinski definition) is 3. The monoisotopic (exact) mass is 292 g/mol. The van der Waals surface area contributed by atoms with E-state index in [1.54, 1.807) is 24.5 Å². The maximum Gasteiger partial charge on any atom is 0.159 e. The molecule has 0 aliphatic heterocycles. The van der Waals surface area contributed by atoms with E-state index in [0.717, 1.165) is 11.1 Å². The van der Waals surface area contributed by atoms with Crippen LogP contribution in [0.25, 0.3) is 11.4 Å². The summed E-state index contributed by atoms with van der Waals surface area (Å²) in [6.45, 7) is 2.52. The first-order valence-electron chi connectivity index (χ1n) is 6.77. The Kier molecular flexibility index (Phi) is 4.83. The highest BCUT2D eigenvalue weighted by Crippen LogP contribution is 2.20. The second-order valence-electron chi connectivity index (χ2n) is 5.39. The van der Waals surface area contributed by atoms with Crippen LogP contribution in [0.15, 0.2) is 36.7 Å². The summed E-state index contributed by atoms with van der Waals surface area (Å²) in [6, 6.07) is 7.12. The summed E-state index contributed by atoms with van der Waals surface area (Å²) in [5.41, 5.74) is 0.230. The van der Waals surface area contributed by atoms with Gasteiger partial charge in [-0.25, -0.2) is 14.4 Å². The predicted octanol–water partition coefficient (Wildman–Crippen LogP) is 3.78. The largest absolute Gasteiger partial charge is 0.490 e. The Morgan fingerprint density at radius 2 is 1.71 bits per heavy atom. The molecule has 5 heteroatoms. The number of nitrogens with zero attached hydrogens (tertiary/aromatic N) is 2. The third kappa shape index (κ3) is 4.77. The number of rotatable bonds is 6. The minimum atomic E-state index is -1.37. The zero-order valence-corrected chi connectivity index (χ0v) is 12.1. The van der Waals surface area contributed by atoms with Gasteiger partial charge in [0, 0.05) is 24.4 Å². The molecule has 2 aromatic rings. The lowest BCUT2D eigenvalue weighted by Crippen LogP contribution is -2.22. The van der Waals surface area contributed by atoms with Gasteiger partial charge in [-0.05, 0) is 43.7 Å². The molecule has 0 spiro atoms. The van der Waals surface area contributed by atoms with Gasteiger partial charge in [0.05, 0.1) is 6.67 Å². The van der Waals surface area contributed by atoms with Crippen molar-refractivity contribution in [3.05, 3.63) is 42.2 Å². The summed E-state index contributed by atoms with van der Waals surface area (Å²) in [5, 5.41) is 0. The number of benzene rings is 1. The minimum absolute atomic E-state index is 0.000768. The highest BCUT2D eigenvalue weighted by molar-refractivity contribution is 5.55. The van der Waals surface area contributed by atoms with Crippen LogP contribution in [0.5, 0.6) is 5.75 Å². The van der Waals surface area contributed by atoms with E-state index in [2.05, 4.69) is 9.97 Å². The van der Waals surface area contributed by atoms with Gasteiger partial charge in [-0.3, -0.25) is 4.39 Å². The van der Waals surface area contributed by atoms with Crippen molar-refractivity contribution in [2.24, 2.45) is 0 Å². The molecule has 3 nitrogen and oxygen atoms in total. The standard InChI is InChI=1S/C16H18F2N2O/c1-16(2,18)11-21-14-5-3-13(4-6-14)15-19-9-12(7-8-17)10-20-15/h3-6,9-10H,7-8,11H2,1-2H3. The Morgan fingerprint density at radius 3 is 2.24 bits per heavy atom. The van der Waals surface area contributed by atoms with Crippen molar-refractivity contribution in [2.45, 2.75) is 25.9 Å². The Labute approximate surface area is 123 Å². The van der Waals surface area contributed by atoms with Crippen LogP contribution < -0.4 is 4.74 Å². The van der Waals surface area contributed by atoms with Crippen LogP contribution in [-0.2, 0) is 6.42 Å². The minimum Gasteiger partial charge on any atom is -0.490 e. The number of aryl methyl sites for hydroxylation is 1. The summed E-state index contributed by atoms with van der Waals surface area (Å²) in [5.74, 6) is 1.16. The van der Waals surface area contributed by atoms with E-state index < -0.39 is 12.3 Å². The lowest BCUT2D eigenvalue weighted by atomic mass is 10.2. The smallest absolute Gasteiger partial charge is 0.159 e. The SMILES string of the molecule is CC(C)(F)COc1ccc(-c2ncc(CCF)cn2)cc1. The van der Waals surface area contributed by atoms with Crippen molar-refractivity contribution in [1.29, 1.82) is 0 Å². The molecule has 0 aliphatic carbocycles. The lowest BCUT2D eigenvalue weighted by Gasteiger charge is -2.15. The van der Waals surface area contributed by atoms with Gasteiger partial charge in [0.2, 0.25) is 0 Å². The molecule has 0 unspecified atom stereocenters. The van der Waals surface area contributed by atoms with Crippen molar-refractivity contribution in [1.82, 2.24) is 9.97 Å². The molecule has 0 saturated heterocycles. The topological polar surface area (TPSA) is 35.0 Å². The quantitative estimate of drug-likeness (QED) is 0.812. The number of ether oxygens (including phenoxy) is 1. The lowest BCUT2D eigenvalue weighted by molar-refractivity contribution is 0.121. The first kappa shape index (κ1) is 15.4. The molecule has 0 radical (unpaired) electrons. The van der Waals surface area contributed by atoms with Crippen molar-refractivity contribution >= 4 is 0 Å². The maximum absolute atomic E-state index is 13.3. The van der Waals surface area contributed by atoms with Gasteiger partial charge in [0.15, 0.2) is 5.82 Å². The Hall–Kier alpha value is -2.04. The number of hydrogen-bond donors (Lipinski definition) is 0. The Bertz CT molecular complexity index is 562. The molecule has 0 amide bonds. The average Bonchev–Trinajstić information content (AvgIpc) is 2.46. The fraction of sp³-hybridized carbons (Fsp3) is 0.375. The zero-order valence-electron chi connectivity index (χ0n) is 12.1. The van der Waals surface area contributed by atoms with Gasteiger partial charge < -0.3 is 4.74 Å². The van der Waals surface area contributed by atoms with Crippen molar-refractivity contribution in [3.8, 4) is 17.1 Å². The molecule has 21 heavy (non-hydrogen) atoms. The molecule has 1 aromatic heterocycles. The van der Waals surface area contributed by atoms with Gasteiger partial charge in [-0.15, -0.1) is 0 Å². The van der Waals surface area contributed by atoms with Gasteiger partial charge in [-0.2, -0.15) is 0 Å². The van der Waals surface area contributed by atoms with E-state index in [9.17, 15) is 8.78 Å². The van der Waals surface area contributed by atoms with E-state index in [1.807, 2.05) is 12.1 Å². The third-order valence-corrected chi connectivity index (χ3v) is 2.78. The summed E-state index contributed by atoms with van der Waals surface area (Å²) in [7, 11) is 0. The number of aromatic nitrogens is 2. The van der Waals surface area contributed by atoms with Gasteiger partial charge in [0.25, 0.3) is 0 Å². The first-order chi connectivity index (χ1) is 9.98. The Morgan fingerprint density at radius 1 is 1.10 bits per heavy atom. The van der Waals surface area contributed by atoms with Crippen molar-refractivity contribution in [3.63, 3.8) is 0 Å². The Balaban J connectivity index is 2.04. The summed E-state index contributed by atoms with van der Waals surface area (Å²) in [6.07, 6.45) is 3.57. The molecule has 1 heterocycles. The van der Waals surface area contributed by atoms with E-state index >= 15 is 0 Å². The van der Waals surface area contributed by atoms with Crippen LogP contribution in [0.3, 0.4) is 0 Å². The highest BCUT2D eigenvalue weighted by Gasteiger charge is 2.16. The van der Waals surface area contributed by atoms with E-state index in [0.29, 0.717) is 18.0 Å². The summed E-state index contributed by atoms with van der Waals surface area (Å²) < 4.78 is 30.9. The van der Waals surface area contributed by atoms with E-state index in [1.165, 1.54) is 13.8 Å². The molecule has 0 saturated carbocycles. The molecule has 0 fully saturated rings. The van der Waals surface area contributed by atoms with Crippen LogP contribution in [0.4, 0.5) is 8.78 Å². The van der Waals surface area contributed by atoms with Crippen LogP contribution in [0.2, 0.25) is 0 Å². The molecule has 0 atom stereocenters. The predicted molar refractivity (Wildman–Crippen MR) is 77.8 cm³/mol. The highest BCUT2D eigenvalue weighted by atomic mass is 19.1. The van der Waals surface area contributed by atoms with Crippen molar-refractivity contribution < 1.29 is 13.5 Å².